The van der Waals surface area contributed by atoms with Crippen LogP contribution in [0.5, 0.6) is 5.75 Å². The maximum absolute atomic E-state index is 13.4. The van der Waals surface area contributed by atoms with Crippen LogP contribution in [0, 0.1) is 6.92 Å². The van der Waals surface area contributed by atoms with Crippen LogP contribution in [0.25, 0.3) is 0 Å². The summed E-state index contributed by atoms with van der Waals surface area (Å²) < 4.78 is 85.3. The van der Waals surface area contributed by atoms with Gasteiger partial charge in [-0.1, -0.05) is 12.1 Å². The molecule has 1 atom stereocenters. The minimum absolute atomic E-state index is 0. The average Bonchev–Trinajstić information content (AvgIpc) is 3.24. The molecule has 3 aromatic rings. The monoisotopic (exact) mass is 615 g/mol. The Bertz CT molecular complexity index is 1300. The van der Waals surface area contributed by atoms with Gasteiger partial charge < -0.3 is 20.3 Å². The molecular formula is C24H25Cl2F6N5O3. The number of hydrogen-bond donors (Lipinski definition) is 2. The number of halogens is 8. The molecule has 0 spiro atoms. The zero-order valence-electron chi connectivity index (χ0n) is 20.8. The van der Waals surface area contributed by atoms with Gasteiger partial charge in [0.2, 0.25) is 5.89 Å². The van der Waals surface area contributed by atoms with Gasteiger partial charge in [0.25, 0.3) is 11.9 Å². The van der Waals surface area contributed by atoms with E-state index in [9.17, 15) is 36.2 Å². The molecule has 0 radical (unpaired) electrons. The Kier molecular flexibility index (Phi) is 10.3. The number of phenols is 1. The zero-order valence-corrected chi connectivity index (χ0v) is 22.4. The van der Waals surface area contributed by atoms with Gasteiger partial charge in [0.15, 0.2) is 0 Å². The fraction of sp³-hybridized carbons (Fsp3) is 0.375. The molecule has 16 heteroatoms. The largest absolute Gasteiger partial charge is 0.508 e. The average molecular weight is 616 g/mol. The molecule has 220 valence electrons. The molecule has 8 nitrogen and oxygen atoms in total. The second-order valence-corrected chi connectivity index (χ2v) is 9.05. The van der Waals surface area contributed by atoms with Crippen molar-refractivity contribution in [2.75, 3.05) is 25.4 Å². The molecule has 40 heavy (non-hydrogen) atoms. The summed E-state index contributed by atoms with van der Waals surface area (Å²) in [4.78, 5) is 20.5. The number of alkyl halides is 6. The molecule has 0 bridgehead atoms. The van der Waals surface area contributed by atoms with Gasteiger partial charge in [-0.15, -0.1) is 24.8 Å². The number of carbonyl (C=O) groups is 1. The lowest BCUT2D eigenvalue weighted by Gasteiger charge is -2.41. The lowest BCUT2D eigenvalue weighted by Crippen LogP contribution is -2.55. The van der Waals surface area contributed by atoms with E-state index >= 15 is 0 Å². The third kappa shape index (κ3) is 7.70. The van der Waals surface area contributed by atoms with Crippen LogP contribution >= 0.6 is 24.8 Å². The third-order valence-electron chi connectivity index (χ3n) is 6.25. The predicted molar refractivity (Wildman–Crippen MR) is 136 cm³/mol. The number of nitrogens with zero attached hydrogens (tertiary/aromatic N) is 4. The van der Waals surface area contributed by atoms with Gasteiger partial charge in [-0.25, -0.2) is 0 Å². The summed E-state index contributed by atoms with van der Waals surface area (Å²) in [7, 11) is 0. The minimum atomic E-state index is -5.08. The Balaban J connectivity index is 0.00000280. The quantitative estimate of drug-likeness (QED) is 0.384. The van der Waals surface area contributed by atoms with Gasteiger partial charge >= 0.3 is 12.4 Å². The first-order valence-electron chi connectivity index (χ1n) is 11.4. The Morgan fingerprint density at radius 1 is 1.05 bits per heavy atom. The number of nitrogens with two attached hydrogens (primary N) is 1. The third-order valence-corrected chi connectivity index (χ3v) is 6.25. The van der Waals surface area contributed by atoms with E-state index in [0.29, 0.717) is 23.3 Å². The maximum atomic E-state index is 13.4. The highest BCUT2D eigenvalue weighted by Gasteiger charge is 2.39. The molecule has 1 aromatic heterocycles. The van der Waals surface area contributed by atoms with E-state index in [1.165, 1.54) is 11.0 Å². The summed E-state index contributed by atoms with van der Waals surface area (Å²) in [5.74, 6) is -0.807. The lowest BCUT2D eigenvalue weighted by atomic mass is 9.98. The first-order valence-corrected chi connectivity index (χ1v) is 11.4. The van der Waals surface area contributed by atoms with Crippen molar-refractivity contribution in [3.63, 3.8) is 0 Å². The normalized spacial score (nSPS) is 16.3. The second-order valence-electron chi connectivity index (χ2n) is 9.05. The van der Waals surface area contributed by atoms with E-state index in [-0.39, 0.29) is 81.1 Å². The zero-order chi connectivity index (χ0) is 27.8. The fourth-order valence-corrected chi connectivity index (χ4v) is 4.33. The molecule has 4 rings (SSSR count). The number of benzene rings is 2. The Morgan fingerprint density at radius 2 is 1.68 bits per heavy atom. The number of anilines is 1. The number of amides is 1. The van der Waals surface area contributed by atoms with Crippen molar-refractivity contribution in [3.8, 4) is 5.75 Å². The van der Waals surface area contributed by atoms with Crippen LogP contribution in [-0.2, 0) is 25.3 Å². The Hall–Kier alpha value is -3.23. The molecule has 3 N–H and O–H groups in total. The highest BCUT2D eigenvalue weighted by atomic mass is 35.5. The van der Waals surface area contributed by atoms with Gasteiger partial charge in [-0.3, -0.25) is 9.69 Å². The highest BCUT2D eigenvalue weighted by Crippen LogP contribution is 2.37. The van der Waals surface area contributed by atoms with Crippen LogP contribution < -0.4 is 5.73 Å². The number of carbonyl (C=O) groups excluding carboxylic acids is 1. The summed E-state index contributed by atoms with van der Waals surface area (Å²) in [6.07, 6.45) is -9.99. The Labute approximate surface area is 236 Å². The van der Waals surface area contributed by atoms with Gasteiger partial charge in [-0.05, 0) is 53.9 Å². The molecule has 1 aliphatic rings. The number of piperazine rings is 1. The van der Waals surface area contributed by atoms with E-state index in [2.05, 4.69) is 10.1 Å². The summed E-state index contributed by atoms with van der Waals surface area (Å²) in [6.45, 7) is 2.29. The molecule has 0 saturated carbocycles. The molecule has 0 aliphatic carbocycles. The van der Waals surface area contributed by atoms with Crippen molar-refractivity contribution in [1.29, 1.82) is 0 Å². The van der Waals surface area contributed by atoms with Gasteiger partial charge in [0.1, 0.15) is 5.75 Å². The van der Waals surface area contributed by atoms with Crippen LogP contribution in [-0.4, -0.2) is 56.6 Å². The molecule has 0 unspecified atom stereocenters. The summed E-state index contributed by atoms with van der Waals surface area (Å²) >= 11 is 0. The fourth-order valence-electron chi connectivity index (χ4n) is 4.33. The first-order chi connectivity index (χ1) is 17.7. The lowest BCUT2D eigenvalue weighted by molar-refractivity contribution is -0.143. The topological polar surface area (TPSA) is 109 Å². The number of aromatic hydroxyl groups is 1. The van der Waals surface area contributed by atoms with Crippen molar-refractivity contribution in [3.05, 3.63) is 70.1 Å². The number of aromatic nitrogens is 2. The molecule has 1 fully saturated rings. The Morgan fingerprint density at radius 3 is 2.20 bits per heavy atom. The second kappa shape index (κ2) is 12.5. The van der Waals surface area contributed by atoms with Crippen LogP contribution in [0.15, 0.2) is 40.9 Å². The van der Waals surface area contributed by atoms with E-state index in [1.54, 1.807) is 19.1 Å². The molecular weight excluding hydrogens is 591 g/mol. The smallest absolute Gasteiger partial charge is 0.416 e. The summed E-state index contributed by atoms with van der Waals surface area (Å²) in [5.41, 5.74) is 2.87. The van der Waals surface area contributed by atoms with Crippen molar-refractivity contribution >= 4 is 36.7 Å². The minimum Gasteiger partial charge on any atom is -0.508 e. The number of hydrogen-bond acceptors (Lipinski definition) is 7. The van der Waals surface area contributed by atoms with Crippen LogP contribution in [0.4, 0.5) is 32.3 Å². The van der Waals surface area contributed by atoms with E-state index in [1.807, 2.05) is 4.90 Å². The molecule has 1 aliphatic heterocycles. The van der Waals surface area contributed by atoms with Crippen molar-refractivity contribution in [1.82, 2.24) is 19.9 Å². The number of rotatable bonds is 5. The molecule has 1 amide bonds. The standard InChI is InChI=1S/C24H23F6N5O3.2ClH/c1-13-2-3-14(7-19(13)36)6-18-11-34(12-20-32-22(31)33-38-20)4-5-35(18)21(37)15-8-16(23(25,26)27)10-17(9-15)24(28,29)30;;/h2-3,7-10,18,36H,4-6,11-12H2,1H3,(H2,31,33);2*1H/t18-;;/m1../s1. The number of aryl methyl sites for hydroxylation is 1. The van der Waals surface area contributed by atoms with Crippen LogP contribution in [0.2, 0.25) is 0 Å². The highest BCUT2D eigenvalue weighted by molar-refractivity contribution is 5.95. The maximum Gasteiger partial charge on any atom is 0.416 e. The number of phenolic OH excluding ortho intramolecular Hbond substituents is 1. The van der Waals surface area contributed by atoms with Gasteiger partial charge in [0, 0.05) is 31.2 Å². The SMILES string of the molecule is Cc1ccc(C[C@@H]2CN(Cc3nc(N)no3)CCN2C(=O)c2cc(C(F)(F)F)cc(C(F)(F)F)c2)cc1O.Cl.Cl. The van der Waals surface area contributed by atoms with E-state index in [0.717, 1.165) is 0 Å². The molecule has 2 aromatic carbocycles. The van der Waals surface area contributed by atoms with E-state index in [4.69, 9.17) is 10.3 Å². The van der Waals surface area contributed by atoms with Gasteiger partial charge in [0.05, 0.1) is 17.7 Å². The van der Waals surface area contributed by atoms with Crippen LogP contribution in [0.3, 0.4) is 0 Å². The van der Waals surface area contributed by atoms with Crippen molar-refractivity contribution in [2.45, 2.75) is 38.3 Å². The van der Waals surface area contributed by atoms with Crippen molar-refractivity contribution < 1.29 is 40.8 Å². The van der Waals surface area contributed by atoms with E-state index < -0.39 is 41.0 Å². The summed E-state index contributed by atoms with van der Waals surface area (Å²) in [5, 5.41) is 13.6. The molecule has 2 heterocycles. The summed E-state index contributed by atoms with van der Waals surface area (Å²) in [6, 6.07) is 5.07. The molecule has 1 saturated heterocycles. The number of nitrogen functional groups attached to an aromatic ring is 1. The first kappa shape index (κ1) is 33.0. The van der Waals surface area contributed by atoms with Gasteiger partial charge in [-0.2, -0.15) is 31.3 Å². The van der Waals surface area contributed by atoms with Crippen LogP contribution in [0.1, 0.15) is 38.5 Å². The van der Waals surface area contributed by atoms with Crippen molar-refractivity contribution in [2.24, 2.45) is 0 Å². The predicted octanol–water partition coefficient (Wildman–Crippen LogP) is 5.12.